The average molecular weight is 475 g/mol. The Bertz CT molecular complexity index is 810. The maximum atomic E-state index is 14.1. The zero-order chi connectivity index (χ0) is 25.0. The Balaban J connectivity index is 2.19. The third-order valence-electron chi connectivity index (χ3n) is 6.75. The third-order valence-corrected chi connectivity index (χ3v) is 6.75. The SMILES string of the molecule is COC(=O)[C@H](O)CC[C@H]1[C@H](C)C[C@@H](OC(=O)[C@@](OC)(c2ccccc2)C(F)(F)F)CC1(C)C. The summed E-state index contributed by atoms with van der Waals surface area (Å²) in [6.07, 6.45) is -5.54. The number of aliphatic hydroxyl groups is 1. The highest BCUT2D eigenvalue weighted by molar-refractivity contribution is 5.82. The molecule has 2 rings (SSSR count). The minimum Gasteiger partial charge on any atom is -0.467 e. The van der Waals surface area contributed by atoms with E-state index in [0.29, 0.717) is 19.3 Å². The Morgan fingerprint density at radius 3 is 2.27 bits per heavy atom. The molecule has 0 spiro atoms. The molecule has 0 aromatic heterocycles. The van der Waals surface area contributed by atoms with Crippen molar-refractivity contribution in [3.05, 3.63) is 35.9 Å². The zero-order valence-electron chi connectivity index (χ0n) is 19.6. The van der Waals surface area contributed by atoms with Crippen molar-refractivity contribution in [2.45, 2.75) is 70.4 Å². The quantitative estimate of drug-likeness (QED) is 0.563. The van der Waals surface area contributed by atoms with Gasteiger partial charge in [-0.3, -0.25) is 0 Å². The number of methoxy groups -OCH3 is 2. The molecule has 9 heteroatoms. The van der Waals surface area contributed by atoms with E-state index in [2.05, 4.69) is 4.74 Å². The lowest BCUT2D eigenvalue weighted by Gasteiger charge is -2.47. The number of rotatable bonds is 8. The van der Waals surface area contributed by atoms with Crippen molar-refractivity contribution in [2.24, 2.45) is 17.3 Å². The molecule has 1 aromatic carbocycles. The summed E-state index contributed by atoms with van der Waals surface area (Å²) >= 11 is 0. The van der Waals surface area contributed by atoms with E-state index in [1.807, 2.05) is 20.8 Å². The second kappa shape index (κ2) is 10.4. The van der Waals surface area contributed by atoms with Gasteiger partial charge in [-0.25, -0.2) is 9.59 Å². The van der Waals surface area contributed by atoms with Gasteiger partial charge in [-0.15, -0.1) is 0 Å². The molecular formula is C24H33F3O6. The van der Waals surface area contributed by atoms with Gasteiger partial charge >= 0.3 is 18.1 Å². The van der Waals surface area contributed by atoms with Crippen molar-refractivity contribution < 1.29 is 42.1 Å². The topological polar surface area (TPSA) is 82.1 Å². The molecule has 0 amide bonds. The van der Waals surface area contributed by atoms with Crippen LogP contribution >= 0.6 is 0 Å². The Morgan fingerprint density at radius 1 is 1.18 bits per heavy atom. The Morgan fingerprint density at radius 2 is 1.79 bits per heavy atom. The molecule has 33 heavy (non-hydrogen) atoms. The summed E-state index contributed by atoms with van der Waals surface area (Å²) in [6, 6.07) is 6.74. The van der Waals surface area contributed by atoms with E-state index in [9.17, 15) is 27.9 Å². The van der Waals surface area contributed by atoms with Gasteiger partial charge in [-0.05, 0) is 42.9 Å². The number of benzene rings is 1. The van der Waals surface area contributed by atoms with Crippen LogP contribution in [0.25, 0.3) is 0 Å². The fourth-order valence-corrected chi connectivity index (χ4v) is 5.15. The number of halogens is 3. The van der Waals surface area contributed by atoms with Crippen molar-refractivity contribution in [3.8, 4) is 0 Å². The summed E-state index contributed by atoms with van der Waals surface area (Å²) in [5.74, 6) is -2.14. The maximum Gasteiger partial charge on any atom is 0.432 e. The third kappa shape index (κ3) is 5.69. The summed E-state index contributed by atoms with van der Waals surface area (Å²) in [5.41, 5.74) is -3.97. The van der Waals surface area contributed by atoms with E-state index in [1.54, 1.807) is 6.07 Å². The highest BCUT2D eigenvalue weighted by atomic mass is 19.4. The van der Waals surface area contributed by atoms with E-state index in [0.717, 1.165) is 7.11 Å². The Hall–Kier alpha value is -2.13. The average Bonchev–Trinajstić information content (AvgIpc) is 2.72. The first-order valence-electron chi connectivity index (χ1n) is 10.9. The molecule has 1 aromatic rings. The predicted molar refractivity (Wildman–Crippen MR) is 114 cm³/mol. The van der Waals surface area contributed by atoms with Gasteiger partial charge in [-0.2, -0.15) is 13.2 Å². The number of esters is 2. The van der Waals surface area contributed by atoms with Crippen LogP contribution in [0.15, 0.2) is 30.3 Å². The number of hydrogen-bond acceptors (Lipinski definition) is 6. The lowest BCUT2D eigenvalue weighted by atomic mass is 9.61. The van der Waals surface area contributed by atoms with E-state index in [1.165, 1.54) is 31.4 Å². The van der Waals surface area contributed by atoms with Crippen LogP contribution in [0.1, 0.15) is 52.0 Å². The second-order valence-corrected chi connectivity index (χ2v) is 9.40. The minimum absolute atomic E-state index is 0.0176. The zero-order valence-corrected chi connectivity index (χ0v) is 19.6. The summed E-state index contributed by atoms with van der Waals surface area (Å²) in [4.78, 5) is 24.5. The number of carbonyl (C=O) groups is 2. The van der Waals surface area contributed by atoms with Crippen molar-refractivity contribution in [1.29, 1.82) is 0 Å². The van der Waals surface area contributed by atoms with Crippen LogP contribution in [0, 0.1) is 17.3 Å². The molecule has 0 heterocycles. The van der Waals surface area contributed by atoms with Crippen molar-refractivity contribution >= 4 is 11.9 Å². The summed E-state index contributed by atoms with van der Waals surface area (Å²) in [5, 5.41) is 9.91. The molecular weight excluding hydrogens is 441 g/mol. The van der Waals surface area contributed by atoms with Crippen LogP contribution in [0.3, 0.4) is 0 Å². The summed E-state index contributed by atoms with van der Waals surface area (Å²) in [6.45, 7) is 5.83. The van der Waals surface area contributed by atoms with Gasteiger partial charge in [0.2, 0.25) is 0 Å². The van der Waals surface area contributed by atoms with Crippen molar-refractivity contribution in [2.75, 3.05) is 14.2 Å². The smallest absolute Gasteiger partial charge is 0.432 e. The van der Waals surface area contributed by atoms with Gasteiger partial charge in [0, 0.05) is 12.7 Å². The molecule has 1 N–H and O–H groups in total. The number of aliphatic hydroxyl groups excluding tert-OH is 1. The van der Waals surface area contributed by atoms with Crippen molar-refractivity contribution in [1.82, 2.24) is 0 Å². The molecule has 0 unspecified atom stereocenters. The molecule has 0 radical (unpaired) electrons. The molecule has 0 saturated heterocycles. The van der Waals surface area contributed by atoms with Crippen LogP contribution in [-0.4, -0.2) is 49.6 Å². The van der Waals surface area contributed by atoms with Crippen LogP contribution in [-0.2, 0) is 29.4 Å². The molecule has 5 atom stereocenters. The van der Waals surface area contributed by atoms with E-state index < -0.39 is 41.3 Å². The minimum atomic E-state index is -5.03. The Labute approximate surface area is 192 Å². The monoisotopic (exact) mass is 474 g/mol. The normalized spacial score (nSPS) is 25.5. The molecule has 0 bridgehead atoms. The molecule has 6 nitrogen and oxygen atoms in total. The summed E-state index contributed by atoms with van der Waals surface area (Å²) in [7, 11) is 2.05. The number of alkyl halides is 3. The highest BCUT2D eigenvalue weighted by Gasteiger charge is 2.64. The predicted octanol–water partition coefficient (Wildman–Crippen LogP) is 4.39. The van der Waals surface area contributed by atoms with Gasteiger partial charge in [0.25, 0.3) is 5.60 Å². The molecule has 1 aliphatic carbocycles. The fourth-order valence-electron chi connectivity index (χ4n) is 5.15. The first kappa shape index (κ1) is 27.1. The molecule has 1 saturated carbocycles. The van der Waals surface area contributed by atoms with E-state index in [4.69, 9.17) is 9.47 Å². The van der Waals surface area contributed by atoms with Crippen LogP contribution in [0.2, 0.25) is 0 Å². The lowest BCUT2D eigenvalue weighted by molar-refractivity contribution is -0.279. The van der Waals surface area contributed by atoms with Crippen molar-refractivity contribution in [3.63, 3.8) is 0 Å². The lowest BCUT2D eigenvalue weighted by Crippen LogP contribution is -2.53. The van der Waals surface area contributed by atoms with E-state index in [-0.39, 0.29) is 23.8 Å². The Kier molecular flexibility index (Phi) is 8.57. The van der Waals surface area contributed by atoms with Gasteiger partial charge in [0.05, 0.1) is 7.11 Å². The van der Waals surface area contributed by atoms with Gasteiger partial charge < -0.3 is 19.3 Å². The molecule has 1 fully saturated rings. The first-order valence-corrected chi connectivity index (χ1v) is 10.9. The number of hydrogen-bond donors (Lipinski definition) is 1. The van der Waals surface area contributed by atoms with E-state index >= 15 is 0 Å². The maximum absolute atomic E-state index is 14.1. The van der Waals surface area contributed by atoms with Gasteiger partial charge in [-0.1, -0.05) is 51.1 Å². The van der Waals surface area contributed by atoms with Crippen LogP contribution in [0.5, 0.6) is 0 Å². The first-order chi connectivity index (χ1) is 15.3. The van der Waals surface area contributed by atoms with Crippen LogP contribution in [0.4, 0.5) is 13.2 Å². The highest BCUT2D eigenvalue weighted by Crippen LogP contribution is 2.49. The van der Waals surface area contributed by atoms with Crippen LogP contribution < -0.4 is 0 Å². The van der Waals surface area contributed by atoms with Gasteiger partial charge in [0.1, 0.15) is 6.10 Å². The second-order valence-electron chi connectivity index (χ2n) is 9.40. The molecule has 1 aliphatic rings. The molecule has 186 valence electrons. The van der Waals surface area contributed by atoms with Gasteiger partial charge in [0.15, 0.2) is 6.10 Å². The molecule has 0 aliphatic heterocycles. The fraction of sp³-hybridized carbons (Fsp3) is 0.667. The largest absolute Gasteiger partial charge is 0.467 e. The number of ether oxygens (including phenoxy) is 3. The summed E-state index contributed by atoms with van der Waals surface area (Å²) < 4.78 is 57.2. The standard InChI is InChI=1S/C24H33F3O6/c1-15-13-17(14-22(2,3)18(15)11-12-19(28)20(29)31-4)33-21(30)23(32-5,24(25,26)27)16-9-7-6-8-10-16/h6-10,15,17-19,28H,11-14H2,1-5H3/t15-,17-,18+,19-,23+/m1/s1. The number of carbonyl (C=O) groups excluding carboxylic acids is 2.